The molecule has 0 radical (unpaired) electrons. The van der Waals surface area contributed by atoms with Gasteiger partial charge in [0, 0.05) is 0 Å². The zero-order valence-corrected chi connectivity index (χ0v) is 7.28. The van der Waals surface area contributed by atoms with Gasteiger partial charge in [-0.1, -0.05) is 0 Å². The van der Waals surface area contributed by atoms with Crippen molar-refractivity contribution in [2.45, 2.75) is 6.92 Å². The van der Waals surface area contributed by atoms with E-state index in [1.54, 1.807) is 0 Å². The van der Waals surface area contributed by atoms with E-state index < -0.39 is 22.3 Å². The van der Waals surface area contributed by atoms with Crippen LogP contribution in [0.5, 0.6) is 0 Å². The van der Waals surface area contributed by atoms with Crippen LogP contribution in [0.15, 0.2) is 12.1 Å². The highest BCUT2D eigenvalue weighted by molar-refractivity contribution is 5.98. The molecule has 0 aliphatic heterocycles. The molecule has 14 heavy (non-hydrogen) atoms. The van der Waals surface area contributed by atoms with Gasteiger partial charge in [-0.25, -0.2) is 4.39 Å². The third-order valence-electron chi connectivity index (χ3n) is 1.72. The smallest absolute Gasteiger partial charge is 0.285 e. The second kappa shape index (κ2) is 3.41. The lowest BCUT2D eigenvalue weighted by Crippen LogP contribution is -2.15. The molecule has 0 aliphatic carbocycles. The predicted molar refractivity (Wildman–Crippen MR) is 46.3 cm³/mol. The molecule has 6 heteroatoms. The summed E-state index contributed by atoms with van der Waals surface area (Å²) in [5.41, 5.74) is 4.24. The summed E-state index contributed by atoms with van der Waals surface area (Å²) in [6, 6.07) is 1.69. The Labute approximate surface area is 78.5 Å². The molecule has 0 saturated heterocycles. The number of nitrogens with two attached hydrogens (primary N) is 1. The predicted octanol–water partition coefficient (Wildman–Crippen LogP) is 1.14. The van der Waals surface area contributed by atoms with Gasteiger partial charge in [0.25, 0.3) is 11.6 Å². The number of nitro benzene ring substituents is 1. The molecular formula is C8H7FN2O3. The SMILES string of the molecule is Cc1cc(F)cc([N+](=O)[O-])c1C(N)=O. The maximum atomic E-state index is 12.8. The van der Waals surface area contributed by atoms with E-state index >= 15 is 0 Å². The second-order valence-electron chi connectivity index (χ2n) is 2.74. The third-order valence-corrected chi connectivity index (χ3v) is 1.72. The fourth-order valence-electron chi connectivity index (χ4n) is 1.19. The van der Waals surface area contributed by atoms with E-state index in [1.165, 1.54) is 6.92 Å². The Kier molecular flexibility index (Phi) is 2.46. The normalized spacial score (nSPS) is 9.86. The van der Waals surface area contributed by atoms with Crippen molar-refractivity contribution in [2.24, 2.45) is 5.73 Å². The number of carbonyl (C=O) groups is 1. The molecule has 0 bridgehead atoms. The van der Waals surface area contributed by atoms with Gasteiger partial charge >= 0.3 is 0 Å². The van der Waals surface area contributed by atoms with Crippen LogP contribution >= 0.6 is 0 Å². The third kappa shape index (κ3) is 1.68. The Morgan fingerprint density at radius 1 is 1.57 bits per heavy atom. The summed E-state index contributed by atoms with van der Waals surface area (Å²) in [5, 5.41) is 10.5. The van der Waals surface area contributed by atoms with Crippen LogP contribution in [0.2, 0.25) is 0 Å². The van der Waals surface area contributed by atoms with Crippen LogP contribution in [0.4, 0.5) is 10.1 Å². The molecular weight excluding hydrogens is 191 g/mol. The van der Waals surface area contributed by atoms with Crippen LogP contribution in [0.25, 0.3) is 0 Å². The number of primary amides is 1. The second-order valence-corrected chi connectivity index (χ2v) is 2.74. The Balaban J connectivity index is 3.52. The molecule has 1 rings (SSSR count). The summed E-state index contributed by atoms with van der Waals surface area (Å²) < 4.78 is 12.8. The van der Waals surface area contributed by atoms with Crippen LogP contribution in [-0.2, 0) is 0 Å². The van der Waals surface area contributed by atoms with Crippen LogP contribution in [0, 0.1) is 22.9 Å². The lowest BCUT2D eigenvalue weighted by molar-refractivity contribution is -0.385. The Hall–Kier alpha value is -1.98. The highest BCUT2D eigenvalue weighted by Gasteiger charge is 2.21. The average molecular weight is 198 g/mol. The Bertz CT molecular complexity index is 417. The lowest BCUT2D eigenvalue weighted by atomic mass is 10.1. The van der Waals surface area contributed by atoms with E-state index in [9.17, 15) is 19.3 Å². The largest absolute Gasteiger partial charge is 0.365 e. The maximum absolute atomic E-state index is 12.8. The Morgan fingerprint density at radius 3 is 2.57 bits per heavy atom. The first kappa shape index (κ1) is 10.1. The van der Waals surface area contributed by atoms with E-state index in [0.29, 0.717) is 6.07 Å². The number of nitro groups is 1. The number of amides is 1. The van der Waals surface area contributed by atoms with Crippen molar-refractivity contribution in [2.75, 3.05) is 0 Å². The van der Waals surface area contributed by atoms with Gasteiger partial charge in [-0.15, -0.1) is 0 Å². The highest BCUT2D eigenvalue weighted by Crippen LogP contribution is 2.22. The number of hydrogen-bond donors (Lipinski definition) is 1. The van der Waals surface area contributed by atoms with Gasteiger partial charge in [0.2, 0.25) is 0 Å². The molecule has 74 valence electrons. The summed E-state index contributed by atoms with van der Waals surface area (Å²) in [6.45, 7) is 1.39. The Morgan fingerprint density at radius 2 is 2.14 bits per heavy atom. The molecule has 1 aromatic rings. The van der Waals surface area contributed by atoms with Crippen molar-refractivity contribution in [3.63, 3.8) is 0 Å². The summed E-state index contributed by atoms with van der Waals surface area (Å²) in [5.74, 6) is -1.70. The van der Waals surface area contributed by atoms with Crippen LogP contribution in [0.1, 0.15) is 15.9 Å². The zero-order chi connectivity index (χ0) is 10.9. The van der Waals surface area contributed by atoms with Crippen molar-refractivity contribution in [1.29, 1.82) is 0 Å². The van der Waals surface area contributed by atoms with Crippen LogP contribution in [-0.4, -0.2) is 10.8 Å². The van der Waals surface area contributed by atoms with Gasteiger partial charge in [0.05, 0.1) is 11.0 Å². The molecule has 0 heterocycles. The summed E-state index contributed by atoms with van der Waals surface area (Å²) in [4.78, 5) is 20.5. The fourth-order valence-corrected chi connectivity index (χ4v) is 1.19. The standard InChI is InChI=1S/C8H7FN2O3/c1-4-2-5(9)3-6(11(13)14)7(4)8(10)12/h2-3H,1H3,(H2,10,12). The number of halogens is 1. The molecule has 1 amide bonds. The topological polar surface area (TPSA) is 86.2 Å². The number of benzene rings is 1. The van der Waals surface area contributed by atoms with Crippen molar-refractivity contribution < 1.29 is 14.1 Å². The molecule has 0 spiro atoms. The van der Waals surface area contributed by atoms with Crippen LogP contribution < -0.4 is 5.73 Å². The van der Waals surface area contributed by atoms with E-state index in [0.717, 1.165) is 6.07 Å². The molecule has 0 atom stereocenters. The molecule has 0 unspecified atom stereocenters. The zero-order valence-electron chi connectivity index (χ0n) is 7.28. The quantitative estimate of drug-likeness (QED) is 0.571. The number of hydrogen-bond acceptors (Lipinski definition) is 3. The maximum Gasteiger partial charge on any atom is 0.285 e. The molecule has 0 fully saturated rings. The number of rotatable bonds is 2. The first-order chi connectivity index (χ1) is 6.43. The van der Waals surface area contributed by atoms with E-state index in [-0.39, 0.29) is 11.1 Å². The van der Waals surface area contributed by atoms with Crippen molar-refractivity contribution in [3.05, 3.63) is 39.2 Å². The van der Waals surface area contributed by atoms with Gasteiger partial charge < -0.3 is 5.73 Å². The summed E-state index contributed by atoms with van der Waals surface area (Å²) in [7, 11) is 0. The van der Waals surface area contributed by atoms with E-state index in [1.807, 2.05) is 0 Å². The minimum Gasteiger partial charge on any atom is -0.365 e. The van der Waals surface area contributed by atoms with Crippen molar-refractivity contribution >= 4 is 11.6 Å². The average Bonchev–Trinajstić information content (AvgIpc) is 2.01. The van der Waals surface area contributed by atoms with Gasteiger partial charge in [0.15, 0.2) is 0 Å². The molecule has 0 saturated carbocycles. The van der Waals surface area contributed by atoms with Crippen molar-refractivity contribution in [3.8, 4) is 0 Å². The van der Waals surface area contributed by atoms with E-state index in [4.69, 9.17) is 5.73 Å². The molecule has 0 aliphatic rings. The molecule has 0 aromatic heterocycles. The van der Waals surface area contributed by atoms with Gasteiger partial charge in [-0.05, 0) is 18.6 Å². The van der Waals surface area contributed by atoms with Gasteiger partial charge in [-0.2, -0.15) is 0 Å². The van der Waals surface area contributed by atoms with Crippen LogP contribution in [0.3, 0.4) is 0 Å². The summed E-state index contributed by atoms with van der Waals surface area (Å²) >= 11 is 0. The molecule has 5 nitrogen and oxygen atoms in total. The number of aryl methyl sites for hydroxylation is 1. The minimum absolute atomic E-state index is 0.157. The number of carbonyl (C=O) groups excluding carboxylic acids is 1. The molecule has 1 aromatic carbocycles. The number of nitrogens with zero attached hydrogens (tertiary/aromatic N) is 1. The van der Waals surface area contributed by atoms with E-state index in [2.05, 4.69) is 0 Å². The fraction of sp³-hybridized carbons (Fsp3) is 0.125. The van der Waals surface area contributed by atoms with Gasteiger partial charge in [-0.3, -0.25) is 14.9 Å². The summed E-state index contributed by atoms with van der Waals surface area (Å²) in [6.07, 6.45) is 0. The highest BCUT2D eigenvalue weighted by atomic mass is 19.1. The molecule has 2 N–H and O–H groups in total. The lowest BCUT2D eigenvalue weighted by Gasteiger charge is -2.02. The minimum atomic E-state index is -0.936. The first-order valence-corrected chi connectivity index (χ1v) is 3.68. The first-order valence-electron chi connectivity index (χ1n) is 3.68. The van der Waals surface area contributed by atoms with Crippen molar-refractivity contribution in [1.82, 2.24) is 0 Å². The van der Waals surface area contributed by atoms with Gasteiger partial charge in [0.1, 0.15) is 11.4 Å². The monoisotopic (exact) mass is 198 g/mol.